The number of nitrogens with two attached hydrogens (primary N) is 1. The predicted molar refractivity (Wildman–Crippen MR) is 74.5 cm³/mol. The highest BCUT2D eigenvalue weighted by molar-refractivity contribution is 5.34. The summed E-state index contributed by atoms with van der Waals surface area (Å²) in [4.78, 5) is 0. The summed E-state index contributed by atoms with van der Waals surface area (Å²) in [5.41, 5.74) is 9.89. The second-order valence-corrected chi connectivity index (χ2v) is 5.51. The summed E-state index contributed by atoms with van der Waals surface area (Å²) in [6.07, 6.45) is 2.99. The first kappa shape index (κ1) is 13.3. The van der Waals surface area contributed by atoms with E-state index < -0.39 is 5.82 Å². The van der Waals surface area contributed by atoms with Crippen LogP contribution >= 0.6 is 0 Å². The van der Waals surface area contributed by atoms with Crippen molar-refractivity contribution in [2.75, 3.05) is 0 Å². The van der Waals surface area contributed by atoms with Crippen LogP contribution in [0, 0.1) is 18.6 Å². The van der Waals surface area contributed by atoms with Crippen molar-refractivity contribution in [3.05, 3.63) is 58.4 Å². The molecule has 2 aromatic rings. The number of fused-ring (bicyclic) bond motifs is 1. The van der Waals surface area contributed by atoms with Crippen LogP contribution in [0.25, 0.3) is 0 Å². The van der Waals surface area contributed by atoms with E-state index in [1.807, 2.05) is 6.92 Å². The fourth-order valence-electron chi connectivity index (χ4n) is 3.06. The van der Waals surface area contributed by atoms with E-state index in [9.17, 15) is 8.78 Å². The lowest BCUT2D eigenvalue weighted by Gasteiger charge is -2.21. The van der Waals surface area contributed by atoms with Gasteiger partial charge in [0.1, 0.15) is 11.6 Å². The Morgan fingerprint density at radius 1 is 1.30 bits per heavy atom. The van der Waals surface area contributed by atoms with Gasteiger partial charge in [-0.3, -0.25) is 0 Å². The first-order valence-corrected chi connectivity index (χ1v) is 6.94. The van der Waals surface area contributed by atoms with Crippen LogP contribution < -0.4 is 5.73 Å². The molecule has 1 aromatic carbocycles. The van der Waals surface area contributed by atoms with Gasteiger partial charge in [-0.25, -0.2) is 8.78 Å². The molecule has 1 aliphatic carbocycles. The van der Waals surface area contributed by atoms with E-state index in [0.29, 0.717) is 12.1 Å². The molecule has 2 N–H and O–H groups in total. The van der Waals surface area contributed by atoms with Gasteiger partial charge in [-0.05, 0) is 56.0 Å². The molecule has 0 fully saturated rings. The van der Waals surface area contributed by atoms with E-state index in [4.69, 9.17) is 5.73 Å². The summed E-state index contributed by atoms with van der Waals surface area (Å²) in [7, 11) is 0. The maximum atomic E-state index is 13.8. The van der Waals surface area contributed by atoms with E-state index >= 15 is 0 Å². The number of halogens is 2. The van der Waals surface area contributed by atoms with E-state index in [0.717, 1.165) is 36.6 Å². The van der Waals surface area contributed by atoms with Gasteiger partial charge >= 0.3 is 0 Å². The van der Waals surface area contributed by atoms with Gasteiger partial charge in [0.2, 0.25) is 0 Å². The number of hydrogen-bond donors (Lipinski definition) is 1. The van der Waals surface area contributed by atoms with Crippen LogP contribution in [0.4, 0.5) is 8.78 Å². The molecule has 0 saturated heterocycles. The highest BCUT2D eigenvalue weighted by Crippen LogP contribution is 2.31. The Labute approximate surface area is 117 Å². The van der Waals surface area contributed by atoms with Crippen molar-refractivity contribution in [1.82, 2.24) is 4.57 Å². The minimum absolute atomic E-state index is 0.0658. The smallest absolute Gasteiger partial charge is 0.128 e. The molecule has 0 bridgehead atoms. The molecular formula is C16H18F2N2. The van der Waals surface area contributed by atoms with Crippen LogP contribution in [0.5, 0.6) is 0 Å². The minimum atomic E-state index is -0.406. The largest absolute Gasteiger partial charge is 0.344 e. The number of rotatable bonds is 2. The van der Waals surface area contributed by atoms with Gasteiger partial charge in [0.05, 0.1) is 6.54 Å². The molecule has 3 rings (SSSR count). The Morgan fingerprint density at radius 3 is 2.90 bits per heavy atom. The van der Waals surface area contributed by atoms with Gasteiger partial charge in [-0.2, -0.15) is 0 Å². The average Bonchev–Trinajstić information content (AvgIpc) is 2.73. The standard InChI is InChI=1S/C16H18F2N2/c1-10-7-13-15(19)3-2-4-16(13)20(10)9-11-8-12(17)5-6-14(11)18/h5-8,15H,2-4,9,19H2,1H3. The Morgan fingerprint density at radius 2 is 2.10 bits per heavy atom. The molecule has 1 heterocycles. The molecule has 2 nitrogen and oxygen atoms in total. The van der Waals surface area contributed by atoms with Gasteiger partial charge < -0.3 is 10.3 Å². The maximum Gasteiger partial charge on any atom is 0.128 e. The summed E-state index contributed by atoms with van der Waals surface area (Å²) >= 11 is 0. The van der Waals surface area contributed by atoms with Crippen LogP contribution in [-0.4, -0.2) is 4.57 Å². The summed E-state index contributed by atoms with van der Waals surface area (Å²) in [6.45, 7) is 2.35. The van der Waals surface area contributed by atoms with Crippen LogP contribution in [0.1, 0.15) is 41.4 Å². The third-order valence-corrected chi connectivity index (χ3v) is 4.11. The molecule has 0 radical (unpaired) electrons. The highest BCUT2D eigenvalue weighted by Gasteiger charge is 2.22. The quantitative estimate of drug-likeness (QED) is 0.894. The average molecular weight is 276 g/mol. The first-order chi connectivity index (χ1) is 9.56. The molecule has 106 valence electrons. The van der Waals surface area contributed by atoms with Crippen molar-refractivity contribution >= 4 is 0 Å². The van der Waals surface area contributed by atoms with Crippen molar-refractivity contribution in [1.29, 1.82) is 0 Å². The molecule has 0 amide bonds. The van der Waals surface area contributed by atoms with Crippen LogP contribution in [0.2, 0.25) is 0 Å². The van der Waals surface area contributed by atoms with Crippen molar-refractivity contribution in [3.8, 4) is 0 Å². The van der Waals surface area contributed by atoms with Gasteiger partial charge in [0.15, 0.2) is 0 Å². The number of nitrogens with zero attached hydrogens (tertiary/aromatic N) is 1. The van der Waals surface area contributed by atoms with Crippen molar-refractivity contribution in [2.45, 2.75) is 38.8 Å². The maximum absolute atomic E-state index is 13.8. The molecule has 0 spiro atoms. The Hall–Kier alpha value is -1.68. The second-order valence-electron chi connectivity index (χ2n) is 5.51. The molecule has 0 aliphatic heterocycles. The van der Waals surface area contributed by atoms with Crippen LogP contribution in [0.3, 0.4) is 0 Å². The monoisotopic (exact) mass is 276 g/mol. The molecular weight excluding hydrogens is 258 g/mol. The number of benzene rings is 1. The van der Waals surface area contributed by atoms with E-state index in [2.05, 4.69) is 10.6 Å². The van der Waals surface area contributed by atoms with Crippen LogP contribution in [0.15, 0.2) is 24.3 Å². The summed E-state index contributed by atoms with van der Waals surface area (Å²) < 4.78 is 29.1. The number of aromatic nitrogens is 1. The normalized spacial score (nSPS) is 18.1. The van der Waals surface area contributed by atoms with Gasteiger partial charge in [0, 0.05) is 23.0 Å². The summed E-state index contributed by atoms with van der Waals surface area (Å²) in [6, 6.07) is 5.74. The van der Waals surface area contributed by atoms with E-state index in [-0.39, 0.29) is 11.9 Å². The van der Waals surface area contributed by atoms with Gasteiger partial charge in [0.25, 0.3) is 0 Å². The summed E-state index contributed by atoms with van der Waals surface area (Å²) in [5.74, 6) is -0.773. The zero-order valence-corrected chi connectivity index (χ0v) is 11.5. The third kappa shape index (κ3) is 2.24. The first-order valence-electron chi connectivity index (χ1n) is 6.94. The van der Waals surface area contributed by atoms with Crippen molar-refractivity contribution in [3.63, 3.8) is 0 Å². The van der Waals surface area contributed by atoms with Crippen molar-refractivity contribution < 1.29 is 8.78 Å². The topological polar surface area (TPSA) is 30.9 Å². The van der Waals surface area contributed by atoms with Crippen LogP contribution in [-0.2, 0) is 13.0 Å². The highest BCUT2D eigenvalue weighted by atomic mass is 19.1. The molecule has 20 heavy (non-hydrogen) atoms. The lowest BCUT2D eigenvalue weighted by atomic mass is 9.93. The SMILES string of the molecule is Cc1cc2c(n1Cc1cc(F)ccc1F)CCCC2N. The minimum Gasteiger partial charge on any atom is -0.344 e. The van der Waals surface area contributed by atoms with E-state index in [1.165, 1.54) is 17.8 Å². The molecule has 4 heteroatoms. The third-order valence-electron chi connectivity index (χ3n) is 4.11. The Bertz CT molecular complexity index is 646. The van der Waals surface area contributed by atoms with Gasteiger partial charge in [-0.1, -0.05) is 0 Å². The van der Waals surface area contributed by atoms with Gasteiger partial charge in [-0.15, -0.1) is 0 Å². The number of aryl methyl sites for hydroxylation is 1. The Kier molecular flexibility index (Phi) is 3.34. The summed E-state index contributed by atoms with van der Waals surface area (Å²) in [5, 5.41) is 0. The number of hydrogen-bond acceptors (Lipinski definition) is 1. The molecule has 1 aromatic heterocycles. The molecule has 1 aliphatic rings. The fourth-order valence-corrected chi connectivity index (χ4v) is 3.06. The fraction of sp³-hybridized carbons (Fsp3) is 0.375. The lowest BCUT2D eigenvalue weighted by Crippen LogP contribution is -2.18. The predicted octanol–water partition coefficient (Wildman–Crippen LogP) is 3.46. The van der Waals surface area contributed by atoms with Crippen molar-refractivity contribution in [2.24, 2.45) is 5.73 Å². The second kappa shape index (κ2) is 5.02. The zero-order valence-electron chi connectivity index (χ0n) is 11.5. The molecule has 0 saturated carbocycles. The zero-order chi connectivity index (χ0) is 14.3. The van der Waals surface area contributed by atoms with E-state index in [1.54, 1.807) is 0 Å². The lowest BCUT2D eigenvalue weighted by molar-refractivity contribution is 0.537. The molecule has 1 atom stereocenters. The molecule has 1 unspecified atom stereocenters. The Balaban J connectivity index is 2.01.